The lowest BCUT2D eigenvalue weighted by Crippen LogP contribution is -2.21. The van der Waals surface area contributed by atoms with Crippen LogP contribution in [0, 0.1) is 0 Å². The second-order valence-electron chi connectivity index (χ2n) is 2.25. The van der Waals surface area contributed by atoms with E-state index >= 15 is 0 Å². The molecule has 1 N–H and O–H groups in total. The van der Waals surface area contributed by atoms with Gasteiger partial charge in [-0.15, -0.1) is 0 Å². The van der Waals surface area contributed by atoms with Gasteiger partial charge in [0.05, 0.1) is 0 Å². The van der Waals surface area contributed by atoms with Crippen molar-refractivity contribution in [2.24, 2.45) is 0 Å². The Morgan fingerprint density at radius 2 is 2.27 bits per heavy atom. The smallest absolute Gasteiger partial charge is 0.0409 e. The zero-order chi connectivity index (χ0) is 7.40. The number of H-pyrrole nitrogens is 1. The minimum Gasteiger partial charge on any atom is -0.361 e. The minimum atomic E-state index is 0. The Bertz CT molecular complexity index is 293. The number of aromatic amines is 1. The van der Waals surface area contributed by atoms with Gasteiger partial charge in [0.25, 0.3) is 0 Å². The van der Waals surface area contributed by atoms with E-state index in [1.54, 1.807) is 0 Å². The van der Waals surface area contributed by atoms with Crippen LogP contribution >= 0.6 is 0 Å². The highest BCUT2D eigenvalue weighted by Crippen LogP contribution is 1.72. The van der Waals surface area contributed by atoms with E-state index in [9.17, 15) is 0 Å². The van der Waals surface area contributed by atoms with Crippen molar-refractivity contribution in [2.45, 2.75) is 27.7 Å². The summed E-state index contributed by atoms with van der Waals surface area (Å²) in [5.74, 6) is 0. The van der Waals surface area contributed by atoms with Crippen molar-refractivity contribution < 1.29 is 0 Å². The van der Waals surface area contributed by atoms with Crippen molar-refractivity contribution in [3.05, 3.63) is 22.8 Å². The van der Waals surface area contributed by atoms with E-state index in [1.165, 1.54) is 10.6 Å². The maximum atomic E-state index is 3.17. The third kappa shape index (κ3) is 2.26. The van der Waals surface area contributed by atoms with E-state index in [-0.39, 0.29) is 7.43 Å². The quantitative estimate of drug-likeness (QED) is 0.628. The van der Waals surface area contributed by atoms with E-state index in [0.29, 0.717) is 0 Å². The molecule has 0 fully saturated rings. The average Bonchev–Trinajstić information content (AvgIpc) is 2.36. The van der Waals surface area contributed by atoms with Crippen LogP contribution in [0.4, 0.5) is 0 Å². The van der Waals surface area contributed by atoms with E-state index in [1.807, 2.05) is 6.20 Å². The summed E-state index contributed by atoms with van der Waals surface area (Å²) < 4.78 is 0. The third-order valence-corrected chi connectivity index (χ3v) is 1.53. The zero-order valence-electron chi connectivity index (χ0n) is 6.52. The molecule has 0 saturated heterocycles. The van der Waals surface area contributed by atoms with Gasteiger partial charge in [0.15, 0.2) is 0 Å². The van der Waals surface area contributed by atoms with Crippen LogP contribution in [0.25, 0.3) is 12.2 Å². The Morgan fingerprint density at radius 3 is 2.82 bits per heavy atom. The van der Waals surface area contributed by atoms with Gasteiger partial charge in [0.2, 0.25) is 0 Å². The van der Waals surface area contributed by atoms with Crippen molar-refractivity contribution in [3.63, 3.8) is 0 Å². The fraction of sp³-hybridized carbons (Fsp3) is 0.400. The first kappa shape index (κ1) is 10.0. The Kier molecular flexibility index (Phi) is 4.35. The Labute approximate surface area is 68.5 Å². The molecule has 1 rings (SSSR count). The second-order valence-corrected chi connectivity index (χ2v) is 2.25. The van der Waals surface area contributed by atoms with Gasteiger partial charge < -0.3 is 4.98 Å². The van der Waals surface area contributed by atoms with Crippen LogP contribution in [0.2, 0.25) is 0 Å². The highest BCUT2D eigenvalue weighted by Gasteiger charge is 1.80. The lowest BCUT2D eigenvalue weighted by Gasteiger charge is -1.77. The number of hydrogen-bond acceptors (Lipinski definition) is 0. The molecule has 11 heavy (non-hydrogen) atoms. The molecule has 0 bridgehead atoms. The normalized spacial score (nSPS) is 13.3. The molecule has 0 aliphatic heterocycles. The molecule has 0 spiro atoms. The maximum absolute atomic E-state index is 3.17. The molecule has 0 unspecified atom stereocenters. The summed E-state index contributed by atoms with van der Waals surface area (Å²) in [6.07, 6.45) is 7.35. The zero-order valence-corrected chi connectivity index (χ0v) is 6.52. The van der Waals surface area contributed by atoms with Crippen molar-refractivity contribution in [1.29, 1.82) is 0 Å². The lowest BCUT2D eigenvalue weighted by molar-refractivity contribution is 1.23. The van der Waals surface area contributed by atoms with E-state index in [2.05, 4.69) is 37.0 Å². The van der Waals surface area contributed by atoms with Gasteiger partial charge in [0, 0.05) is 11.5 Å². The predicted molar refractivity (Wildman–Crippen MR) is 51.7 cm³/mol. The fourth-order valence-electron chi connectivity index (χ4n) is 1.03. The van der Waals surface area contributed by atoms with Gasteiger partial charge in [-0.3, -0.25) is 0 Å². The summed E-state index contributed by atoms with van der Waals surface area (Å²) in [6, 6.07) is 2.08. The molecular weight excluding hydrogens is 134 g/mol. The second kappa shape index (κ2) is 4.78. The molecule has 1 heterocycles. The highest BCUT2D eigenvalue weighted by atomic mass is 14.6. The van der Waals surface area contributed by atoms with Gasteiger partial charge >= 0.3 is 0 Å². The Balaban J connectivity index is 0.000001000. The molecule has 62 valence electrons. The summed E-state index contributed by atoms with van der Waals surface area (Å²) in [5, 5.41) is 2.53. The molecule has 0 aliphatic carbocycles. The topological polar surface area (TPSA) is 15.8 Å². The minimum absolute atomic E-state index is 0. The molecule has 0 saturated carbocycles. The first-order chi connectivity index (χ1) is 4.88. The first-order valence-electron chi connectivity index (χ1n) is 3.68. The molecule has 1 nitrogen and oxygen atoms in total. The van der Waals surface area contributed by atoms with Crippen molar-refractivity contribution in [2.75, 3.05) is 0 Å². The fourth-order valence-corrected chi connectivity index (χ4v) is 1.03. The van der Waals surface area contributed by atoms with Crippen molar-refractivity contribution in [3.8, 4) is 0 Å². The molecule has 0 aromatic carbocycles. The number of rotatable bonds is 1. The van der Waals surface area contributed by atoms with Crippen LogP contribution in [0.1, 0.15) is 27.7 Å². The van der Waals surface area contributed by atoms with Crippen LogP contribution in [-0.2, 0) is 0 Å². The molecule has 0 aliphatic rings. The van der Waals surface area contributed by atoms with Crippen LogP contribution in [0.3, 0.4) is 0 Å². The van der Waals surface area contributed by atoms with Gasteiger partial charge in [-0.25, -0.2) is 0 Å². The third-order valence-electron chi connectivity index (χ3n) is 1.53. The lowest BCUT2D eigenvalue weighted by atomic mass is 10.3. The molecule has 0 atom stereocenters. The summed E-state index contributed by atoms with van der Waals surface area (Å²) in [5.41, 5.74) is 0. The van der Waals surface area contributed by atoms with Gasteiger partial charge in [-0.2, -0.15) is 0 Å². The summed E-state index contributed by atoms with van der Waals surface area (Å²) >= 11 is 0. The van der Waals surface area contributed by atoms with Gasteiger partial charge in [-0.1, -0.05) is 26.5 Å². The van der Waals surface area contributed by atoms with Crippen molar-refractivity contribution in [1.82, 2.24) is 4.98 Å². The molecule has 0 amide bonds. The standard InChI is InChI=1S/C9H13N.CH4/c1-3-5-9-8(4-2)6-7-10-9;/h4-7,10H,3H2,1-2H3;1H4/b8-4-,9-5+;. The number of aromatic nitrogens is 1. The number of hydrogen-bond donors (Lipinski definition) is 1. The molecule has 1 heteroatoms. The van der Waals surface area contributed by atoms with Crippen molar-refractivity contribution >= 4 is 12.2 Å². The van der Waals surface area contributed by atoms with Crippen LogP contribution < -0.4 is 10.6 Å². The molecule has 1 aromatic rings. The summed E-state index contributed by atoms with van der Waals surface area (Å²) in [4.78, 5) is 3.17. The number of nitrogens with one attached hydrogen (secondary N) is 1. The summed E-state index contributed by atoms with van der Waals surface area (Å²) in [6.45, 7) is 4.19. The average molecular weight is 151 g/mol. The highest BCUT2D eigenvalue weighted by molar-refractivity contribution is 5.26. The first-order valence-corrected chi connectivity index (χ1v) is 3.68. The monoisotopic (exact) mass is 151 g/mol. The van der Waals surface area contributed by atoms with E-state index in [0.717, 1.165) is 6.42 Å². The van der Waals surface area contributed by atoms with Crippen LogP contribution in [0.15, 0.2) is 12.3 Å². The van der Waals surface area contributed by atoms with Crippen LogP contribution in [-0.4, -0.2) is 4.98 Å². The van der Waals surface area contributed by atoms with E-state index in [4.69, 9.17) is 0 Å². The maximum Gasteiger partial charge on any atom is 0.0409 e. The Hall–Kier alpha value is -0.980. The largest absolute Gasteiger partial charge is 0.361 e. The van der Waals surface area contributed by atoms with Gasteiger partial charge in [-0.05, 0) is 24.6 Å². The van der Waals surface area contributed by atoms with Gasteiger partial charge in [0.1, 0.15) is 0 Å². The molecular formula is C10H17N. The van der Waals surface area contributed by atoms with E-state index < -0.39 is 0 Å². The molecule has 1 aromatic heterocycles. The predicted octanol–water partition coefficient (Wildman–Crippen LogP) is 1.64. The Morgan fingerprint density at radius 1 is 1.55 bits per heavy atom. The van der Waals surface area contributed by atoms with Crippen LogP contribution in [0.5, 0.6) is 0 Å². The molecule has 0 radical (unpaired) electrons. The SMILES string of the molecule is C.C/C=c1/cc[nH]/c1=C/CC. The summed E-state index contributed by atoms with van der Waals surface area (Å²) in [7, 11) is 0.